The van der Waals surface area contributed by atoms with Crippen molar-refractivity contribution < 1.29 is 8.42 Å². The molecule has 4 nitrogen and oxygen atoms in total. The van der Waals surface area contributed by atoms with Gasteiger partial charge in [0.1, 0.15) is 10.0 Å². The van der Waals surface area contributed by atoms with Gasteiger partial charge in [0, 0.05) is 16.9 Å². The van der Waals surface area contributed by atoms with E-state index in [1.165, 1.54) is 18.3 Å². The summed E-state index contributed by atoms with van der Waals surface area (Å²) in [6.45, 7) is 0. The van der Waals surface area contributed by atoms with Crippen molar-refractivity contribution in [3.63, 3.8) is 0 Å². The van der Waals surface area contributed by atoms with Crippen molar-refractivity contribution in [3.8, 4) is 0 Å². The fourth-order valence-corrected chi connectivity index (χ4v) is 7.17. The minimum absolute atomic E-state index is 0.0354. The van der Waals surface area contributed by atoms with Gasteiger partial charge in [-0.15, -0.1) is 0 Å². The number of sulfonamides is 1. The summed E-state index contributed by atoms with van der Waals surface area (Å²) in [6, 6.07) is 6.74. The minimum atomic E-state index is -3.76. The second kappa shape index (κ2) is 6.79. The summed E-state index contributed by atoms with van der Waals surface area (Å²) in [7, 11) is -3.76. The minimum Gasteiger partial charge on any atom is -0.277 e. The third kappa shape index (κ3) is 3.87. The zero-order valence-corrected chi connectivity index (χ0v) is 17.6. The average Bonchev–Trinajstić information content (AvgIpc) is 2.34. The fraction of sp³-hybridized carbons (Fsp3) is 0. The predicted molar refractivity (Wildman–Crippen MR) is 105 cm³/mol. The van der Waals surface area contributed by atoms with Gasteiger partial charge in [-0.1, -0.05) is 11.6 Å². The first-order valence-corrected chi connectivity index (χ1v) is 10.2. The van der Waals surface area contributed by atoms with Crippen LogP contribution < -0.4 is 4.72 Å². The van der Waals surface area contributed by atoms with Crippen LogP contribution in [0.1, 0.15) is 0 Å². The summed E-state index contributed by atoms with van der Waals surface area (Å²) in [5, 5.41) is -0.0458. The molecule has 1 aromatic carbocycles. The van der Waals surface area contributed by atoms with Gasteiger partial charge < -0.3 is 0 Å². The van der Waals surface area contributed by atoms with Crippen molar-refractivity contribution in [1.82, 2.24) is 4.98 Å². The maximum absolute atomic E-state index is 12.4. The third-order valence-electron chi connectivity index (χ3n) is 2.26. The quantitative estimate of drug-likeness (QED) is 0.399. The van der Waals surface area contributed by atoms with E-state index in [2.05, 4.69) is 77.5 Å². The molecule has 0 aliphatic rings. The summed E-state index contributed by atoms with van der Waals surface area (Å²) >= 11 is 12.2. The molecule has 1 aromatic heterocycles. The highest BCUT2D eigenvalue weighted by atomic mass is 127. The highest BCUT2D eigenvalue weighted by Gasteiger charge is 2.21. The van der Waals surface area contributed by atoms with Crippen LogP contribution in [0.15, 0.2) is 35.4 Å². The molecule has 9 heteroatoms. The van der Waals surface area contributed by atoms with Gasteiger partial charge >= 0.3 is 0 Å². The molecule has 0 unspecified atom stereocenters. The largest absolute Gasteiger partial charge is 0.277 e. The Morgan fingerprint density at radius 3 is 2.30 bits per heavy atom. The zero-order valence-electron chi connectivity index (χ0n) is 9.57. The van der Waals surface area contributed by atoms with Crippen LogP contribution in [-0.4, -0.2) is 13.4 Å². The molecule has 1 N–H and O–H groups in total. The van der Waals surface area contributed by atoms with Gasteiger partial charge in [0.2, 0.25) is 0 Å². The van der Waals surface area contributed by atoms with Crippen molar-refractivity contribution in [1.29, 1.82) is 0 Å². The van der Waals surface area contributed by atoms with Gasteiger partial charge in [0.25, 0.3) is 10.0 Å². The number of hydrogen-bond donors (Lipinski definition) is 1. The van der Waals surface area contributed by atoms with Gasteiger partial charge in [-0.3, -0.25) is 4.72 Å². The fourth-order valence-electron chi connectivity index (χ4n) is 1.40. The molecule has 2 aromatic rings. The molecule has 1 heterocycles. The first kappa shape index (κ1) is 17.0. The number of aromatic nitrogens is 1. The lowest BCUT2D eigenvalue weighted by Crippen LogP contribution is -2.15. The standard InChI is InChI=1S/C11H6ClI3N2O2S/c12-11-9(2-1-3-16-11)20(18,19)17-10-7(14)4-6(13)5-8(10)15/h1-5,17H. The number of nitrogens with zero attached hydrogens (tertiary/aromatic N) is 1. The van der Waals surface area contributed by atoms with Gasteiger partial charge in [0.05, 0.1) is 5.69 Å². The van der Waals surface area contributed by atoms with Crippen LogP contribution in [0.5, 0.6) is 0 Å². The van der Waals surface area contributed by atoms with Crippen molar-refractivity contribution in [2.24, 2.45) is 0 Å². The number of rotatable bonds is 3. The van der Waals surface area contributed by atoms with E-state index < -0.39 is 10.0 Å². The molecule has 0 bridgehead atoms. The zero-order chi connectivity index (χ0) is 14.9. The van der Waals surface area contributed by atoms with Crippen molar-refractivity contribution in [3.05, 3.63) is 46.3 Å². The maximum atomic E-state index is 12.4. The van der Waals surface area contributed by atoms with Crippen molar-refractivity contribution >= 4 is 95.1 Å². The summed E-state index contributed by atoms with van der Waals surface area (Å²) in [5.74, 6) is 0. The van der Waals surface area contributed by atoms with Gasteiger partial charge in [-0.2, -0.15) is 0 Å². The summed E-state index contributed by atoms with van der Waals surface area (Å²) in [4.78, 5) is 3.75. The number of anilines is 1. The van der Waals surface area contributed by atoms with Crippen LogP contribution in [0.3, 0.4) is 0 Å². The van der Waals surface area contributed by atoms with E-state index in [1.54, 1.807) is 0 Å². The molecule has 0 aliphatic carbocycles. The Morgan fingerprint density at radius 2 is 1.75 bits per heavy atom. The number of benzene rings is 1. The molecule has 2 rings (SSSR count). The molecule has 0 atom stereocenters. The second-order valence-corrected chi connectivity index (χ2v) is 9.22. The predicted octanol–water partition coefficient (Wildman–Crippen LogP) is 4.35. The Bertz CT molecular complexity index is 745. The van der Waals surface area contributed by atoms with E-state index in [-0.39, 0.29) is 10.0 Å². The molecular formula is C11H6ClI3N2O2S. The summed E-state index contributed by atoms with van der Waals surface area (Å²) in [6.07, 6.45) is 1.44. The summed E-state index contributed by atoms with van der Waals surface area (Å²) in [5.41, 5.74) is 0.548. The van der Waals surface area contributed by atoms with Gasteiger partial charge in [-0.05, 0) is 92.0 Å². The van der Waals surface area contributed by atoms with Crippen molar-refractivity contribution in [2.45, 2.75) is 4.90 Å². The molecule has 0 amide bonds. The average molecular weight is 646 g/mol. The highest BCUT2D eigenvalue weighted by Crippen LogP contribution is 2.30. The Hall–Kier alpha value is 0.600. The van der Waals surface area contributed by atoms with Crippen LogP contribution in [0.2, 0.25) is 5.15 Å². The van der Waals surface area contributed by atoms with Crippen LogP contribution in [0, 0.1) is 10.7 Å². The summed E-state index contributed by atoms with van der Waals surface area (Å²) < 4.78 is 30.0. The number of nitrogens with one attached hydrogen (secondary N) is 1. The Balaban J connectivity index is 2.47. The van der Waals surface area contributed by atoms with Crippen LogP contribution in [-0.2, 0) is 10.0 Å². The molecule has 20 heavy (non-hydrogen) atoms. The van der Waals surface area contributed by atoms with Crippen LogP contribution in [0.4, 0.5) is 5.69 Å². The topological polar surface area (TPSA) is 59.1 Å². The molecule has 0 saturated carbocycles. The van der Waals surface area contributed by atoms with E-state index >= 15 is 0 Å². The lowest BCUT2D eigenvalue weighted by molar-refractivity contribution is 0.601. The third-order valence-corrected chi connectivity index (χ3v) is 6.38. The highest BCUT2D eigenvalue weighted by molar-refractivity contribution is 14.1. The first-order chi connectivity index (χ1) is 9.31. The normalized spacial score (nSPS) is 11.4. The van der Waals surface area contributed by atoms with Gasteiger partial charge in [0.15, 0.2) is 0 Å². The van der Waals surface area contributed by atoms with Crippen LogP contribution in [0.25, 0.3) is 0 Å². The maximum Gasteiger partial charge on any atom is 0.265 e. The van der Waals surface area contributed by atoms with Gasteiger partial charge in [-0.25, -0.2) is 13.4 Å². The first-order valence-electron chi connectivity index (χ1n) is 5.09. The van der Waals surface area contributed by atoms with E-state index in [9.17, 15) is 8.42 Å². The molecular weight excluding hydrogens is 640 g/mol. The van der Waals surface area contributed by atoms with E-state index in [4.69, 9.17) is 11.6 Å². The van der Waals surface area contributed by atoms with Crippen LogP contribution >= 0.6 is 79.4 Å². The Labute approximate surface area is 162 Å². The Kier molecular flexibility index (Phi) is 5.76. The Morgan fingerprint density at radius 1 is 1.15 bits per heavy atom. The van der Waals surface area contributed by atoms with E-state index in [1.807, 2.05) is 12.1 Å². The van der Waals surface area contributed by atoms with Crippen molar-refractivity contribution in [2.75, 3.05) is 4.72 Å². The second-order valence-electron chi connectivity index (χ2n) is 3.64. The van der Waals surface area contributed by atoms with E-state index in [0.29, 0.717) is 5.69 Å². The molecule has 0 saturated heterocycles. The molecule has 0 fully saturated rings. The monoisotopic (exact) mass is 646 g/mol. The molecule has 0 radical (unpaired) electrons. The number of hydrogen-bond acceptors (Lipinski definition) is 3. The smallest absolute Gasteiger partial charge is 0.265 e. The lowest BCUT2D eigenvalue weighted by Gasteiger charge is -2.12. The number of halogens is 4. The molecule has 0 spiro atoms. The van der Waals surface area contributed by atoms with E-state index in [0.717, 1.165) is 10.7 Å². The number of pyridine rings is 1. The molecule has 0 aliphatic heterocycles. The SMILES string of the molecule is O=S(=O)(Nc1c(I)cc(I)cc1I)c1cccnc1Cl. The lowest BCUT2D eigenvalue weighted by atomic mass is 10.3. The molecule has 106 valence electrons.